The van der Waals surface area contributed by atoms with Crippen LogP contribution in [0.1, 0.15) is 13.8 Å². The molecular formula is C58H45N3. The van der Waals surface area contributed by atoms with Crippen molar-refractivity contribution in [3.8, 4) is 95.2 Å². The van der Waals surface area contributed by atoms with Crippen molar-refractivity contribution >= 4 is 0 Å². The van der Waals surface area contributed by atoms with Gasteiger partial charge in [0.2, 0.25) is 0 Å². The zero-order chi connectivity index (χ0) is 41.4. The lowest BCUT2D eigenvalue weighted by Crippen LogP contribution is -1.99. The van der Waals surface area contributed by atoms with Crippen molar-refractivity contribution in [1.29, 1.82) is 0 Å². The van der Waals surface area contributed by atoms with Gasteiger partial charge in [-0.15, -0.1) is 5.10 Å². The normalized spacial score (nSPS) is 10.8. The Morgan fingerprint density at radius 3 is 0.770 bits per heavy atom. The Morgan fingerprint density at radius 2 is 0.475 bits per heavy atom. The monoisotopic (exact) mass is 783 g/mol. The van der Waals surface area contributed by atoms with Crippen molar-refractivity contribution in [2.75, 3.05) is 0 Å². The van der Waals surface area contributed by atoms with E-state index < -0.39 is 0 Å². The molecule has 0 aliphatic carbocycles. The second-order valence-electron chi connectivity index (χ2n) is 14.7. The average molecular weight is 784 g/mol. The first-order valence-corrected chi connectivity index (χ1v) is 21.0. The summed E-state index contributed by atoms with van der Waals surface area (Å²) in [6.45, 7) is 4.00. The van der Waals surface area contributed by atoms with Gasteiger partial charge in [0.05, 0.1) is 5.69 Å². The molecule has 1 aromatic heterocycles. The molecule has 61 heavy (non-hydrogen) atoms. The van der Waals surface area contributed by atoms with Crippen LogP contribution in [0.3, 0.4) is 0 Å². The molecule has 9 aromatic carbocycles. The Kier molecular flexibility index (Phi) is 11.4. The summed E-state index contributed by atoms with van der Waals surface area (Å²) < 4.78 is 1.97. The average Bonchev–Trinajstić information content (AvgIpc) is 3.82. The minimum atomic E-state index is 0.673. The number of aromatic nitrogens is 3. The van der Waals surface area contributed by atoms with E-state index in [4.69, 9.17) is 10.1 Å². The quantitative estimate of drug-likeness (QED) is 0.146. The fourth-order valence-electron chi connectivity index (χ4n) is 7.68. The third-order valence-electron chi connectivity index (χ3n) is 11.0. The Balaban J connectivity index is 0.00000235. The van der Waals surface area contributed by atoms with Gasteiger partial charge in [0, 0.05) is 11.1 Å². The van der Waals surface area contributed by atoms with E-state index in [-0.39, 0.29) is 0 Å². The fraction of sp³-hybridized carbons (Fsp3) is 0.0345. The fourth-order valence-corrected chi connectivity index (χ4v) is 7.68. The summed E-state index contributed by atoms with van der Waals surface area (Å²) in [5.41, 5.74) is 17.1. The van der Waals surface area contributed by atoms with Crippen LogP contribution in [-0.4, -0.2) is 14.8 Å². The van der Waals surface area contributed by atoms with E-state index in [1.54, 1.807) is 0 Å². The SMILES string of the molecule is CC.c1ccc(-c2ccc(-c3ccc(-c4nc(-c5ccc(-c6ccc(-c7ccccc7)cc6)cc5)n(-c5ccc(-c6ccc(-c7ccccc7)cc6)cc5)n4)cc3)cc2)cc1. The summed E-state index contributed by atoms with van der Waals surface area (Å²) in [5, 5.41) is 5.15. The van der Waals surface area contributed by atoms with Gasteiger partial charge >= 0.3 is 0 Å². The molecule has 1 heterocycles. The van der Waals surface area contributed by atoms with Crippen LogP contribution in [0.2, 0.25) is 0 Å². The number of hydrogen-bond acceptors (Lipinski definition) is 2. The predicted octanol–water partition coefficient (Wildman–Crippen LogP) is 15.6. The van der Waals surface area contributed by atoms with Gasteiger partial charge in [0.1, 0.15) is 0 Å². The van der Waals surface area contributed by atoms with E-state index >= 15 is 0 Å². The topological polar surface area (TPSA) is 30.7 Å². The highest BCUT2D eigenvalue weighted by atomic mass is 15.4. The minimum absolute atomic E-state index is 0.673. The molecule has 0 atom stereocenters. The van der Waals surface area contributed by atoms with E-state index in [0.29, 0.717) is 5.82 Å². The number of rotatable bonds is 9. The van der Waals surface area contributed by atoms with E-state index in [1.165, 1.54) is 44.5 Å². The molecule has 0 N–H and O–H groups in total. The Bertz CT molecular complexity index is 2790. The summed E-state index contributed by atoms with van der Waals surface area (Å²) in [6.07, 6.45) is 0. The molecule has 0 fully saturated rings. The molecule has 292 valence electrons. The lowest BCUT2D eigenvalue weighted by atomic mass is 9.99. The molecule has 0 unspecified atom stereocenters. The van der Waals surface area contributed by atoms with Gasteiger partial charge in [-0.05, 0) is 78.9 Å². The smallest absolute Gasteiger partial charge is 0.182 e. The lowest BCUT2D eigenvalue weighted by molar-refractivity contribution is 0.891. The first-order valence-electron chi connectivity index (χ1n) is 21.0. The summed E-state index contributed by atoms with van der Waals surface area (Å²) in [4.78, 5) is 5.19. The summed E-state index contributed by atoms with van der Waals surface area (Å²) in [6, 6.07) is 83.5. The number of nitrogens with zero attached hydrogens (tertiary/aromatic N) is 3. The standard InChI is InChI=1S/C56H39N3.C2H6/c1-4-10-40(11-5-1)43-16-22-46(23-17-43)49-28-32-52(33-29-49)55-57-56(53-34-30-50(31-35-53)47-24-18-44(19-25-47)41-12-6-2-7-13-41)59(58-55)54-38-36-51(37-39-54)48-26-20-45(21-27-48)42-14-8-3-9-15-42;1-2/h1-39H;1-2H3. The molecule has 10 rings (SSSR count). The molecule has 0 aliphatic heterocycles. The van der Waals surface area contributed by atoms with Crippen LogP contribution in [-0.2, 0) is 0 Å². The molecule has 0 spiro atoms. The minimum Gasteiger partial charge on any atom is -0.213 e. The molecule has 0 saturated heterocycles. The molecule has 0 aliphatic rings. The third kappa shape index (κ3) is 8.50. The lowest BCUT2D eigenvalue weighted by Gasteiger charge is -2.09. The van der Waals surface area contributed by atoms with Gasteiger partial charge in [-0.25, -0.2) is 9.67 Å². The first-order chi connectivity index (χ1) is 30.2. The van der Waals surface area contributed by atoms with E-state index in [9.17, 15) is 0 Å². The molecule has 3 heteroatoms. The van der Waals surface area contributed by atoms with Crippen LogP contribution in [0.4, 0.5) is 0 Å². The molecule has 0 radical (unpaired) electrons. The van der Waals surface area contributed by atoms with Crippen LogP contribution in [0.5, 0.6) is 0 Å². The Hall–Kier alpha value is -7.88. The van der Waals surface area contributed by atoms with Crippen LogP contribution in [0.25, 0.3) is 95.2 Å². The maximum atomic E-state index is 5.19. The van der Waals surface area contributed by atoms with Crippen molar-refractivity contribution in [1.82, 2.24) is 14.8 Å². The number of hydrogen-bond donors (Lipinski definition) is 0. The van der Waals surface area contributed by atoms with Crippen LogP contribution >= 0.6 is 0 Å². The highest BCUT2D eigenvalue weighted by Crippen LogP contribution is 2.32. The van der Waals surface area contributed by atoms with Crippen molar-refractivity contribution in [3.05, 3.63) is 237 Å². The van der Waals surface area contributed by atoms with Crippen molar-refractivity contribution in [2.24, 2.45) is 0 Å². The van der Waals surface area contributed by atoms with Crippen LogP contribution in [0, 0.1) is 0 Å². The maximum Gasteiger partial charge on any atom is 0.182 e. The molecular weight excluding hydrogens is 739 g/mol. The molecule has 0 bridgehead atoms. The number of benzene rings is 9. The van der Waals surface area contributed by atoms with Gasteiger partial charge in [-0.2, -0.15) is 0 Å². The second kappa shape index (κ2) is 17.9. The molecule has 10 aromatic rings. The zero-order valence-corrected chi connectivity index (χ0v) is 34.4. The van der Waals surface area contributed by atoms with Gasteiger partial charge in [-0.1, -0.05) is 238 Å². The molecule has 3 nitrogen and oxygen atoms in total. The molecule has 0 amide bonds. The largest absolute Gasteiger partial charge is 0.213 e. The van der Waals surface area contributed by atoms with E-state index in [0.717, 1.165) is 44.9 Å². The van der Waals surface area contributed by atoms with Crippen molar-refractivity contribution in [2.45, 2.75) is 13.8 Å². The van der Waals surface area contributed by atoms with Gasteiger partial charge < -0.3 is 0 Å². The van der Waals surface area contributed by atoms with E-state index in [1.807, 2.05) is 36.7 Å². The van der Waals surface area contributed by atoms with Crippen LogP contribution in [0.15, 0.2) is 237 Å². The summed E-state index contributed by atoms with van der Waals surface area (Å²) in [5.74, 6) is 1.46. The summed E-state index contributed by atoms with van der Waals surface area (Å²) >= 11 is 0. The summed E-state index contributed by atoms with van der Waals surface area (Å²) in [7, 11) is 0. The third-order valence-corrected chi connectivity index (χ3v) is 11.0. The van der Waals surface area contributed by atoms with E-state index in [2.05, 4.69) is 218 Å². The van der Waals surface area contributed by atoms with Gasteiger partial charge in [-0.3, -0.25) is 0 Å². The van der Waals surface area contributed by atoms with Gasteiger partial charge in [0.15, 0.2) is 11.6 Å². The second-order valence-corrected chi connectivity index (χ2v) is 14.7. The van der Waals surface area contributed by atoms with Gasteiger partial charge in [0.25, 0.3) is 0 Å². The Morgan fingerprint density at radius 1 is 0.246 bits per heavy atom. The highest BCUT2D eigenvalue weighted by Gasteiger charge is 2.16. The predicted molar refractivity (Wildman–Crippen MR) is 256 cm³/mol. The van der Waals surface area contributed by atoms with Crippen molar-refractivity contribution in [3.63, 3.8) is 0 Å². The first kappa shape index (κ1) is 38.6. The zero-order valence-electron chi connectivity index (χ0n) is 34.4. The maximum absolute atomic E-state index is 5.19. The Labute approximate surface area is 359 Å². The molecule has 0 saturated carbocycles. The van der Waals surface area contributed by atoms with Crippen LogP contribution < -0.4 is 0 Å². The van der Waals surface area contributed by atoms with Crippen molar-refractivity contribution < 1.29 is 0 Å². The highest BCUT2D eigenvalue weighted by molar-refractivity contribution is 5.76.